The Kier molecular flexibility index (Phi) is 5.32. The smallest absolute Gasteiger partial charge is 0.137 e. The molecule has 0 aliphatic carbocycles. The highest BCUT2D eigenvalue weighted by Crippen LogP contribution is 2.15. The van der Waals surface area contributed by atoms with Crippen molar-refractivity contribution in [2.24, 2.45) is 0 Å². The maximum Gasteiger partial charge on any atom is 0.137 e. The summed E-state index contributed by atoms with van der Waals surface area (Å²) in [6, 6.07) is 5.70. The van der Waals surface area contributed by atoms with Crippen molar-refractivity contribution >= 4 is 53.9 Å². The molecule has 0 aliphatic rings. The summed E-state index contributed by atoms with van der Waals surface area (Å²) < 4.78 is 7.11. The number of aromatic nitrogens is 1. The largest absolute Gasteiger partial charge is 0.298 e. The summed E-state index contributed by atoms with van der Waals surface area (Å²) in [5.74, 6) is 0.905. The maximum absolute atomic E-state index is 8.60. The second kappa shape index (κ2) is 6.29. The SMILES string of the molecule is C=ICCN(I)c1ccc(C#N)cn1. The standard InChI is InChI=1S/C9H9I2N3/c1-11-4-5-14(10)9-3-2-8(6-12)7-13-9/h2-3,7H,1,4-5H2. The first-order valence-electron chi connectivity index (χ1n) is 3.90. The van der Waals surface area contributed by atoms with E-state index >= 15 is 0 Å². The second-order valence-electron chi connectivity index (χ2n) is 2.48. The van der Waals surface area contributed by atoms with Crippen LogP contribution in [0.25, 0.3) is 0 Å². The van der Waals surface area contributed by atoms with Gasteiger partial charge in [-0.15, -0.1) is 20.7 Å². The second-order valence-corrected chi connectivity index (χ2v) is 5.80. The van der Waals surface area contributed by atoms with Gasteiger partial charge < -0.3 is 0 Å². The fraction of sp³-hybridized carbons (Fsp3) is 0.222. The number of halogens is 2. The molecule has 0 bridgehead atoms. The fourth-order valence-electron chi connectivity index (χ4n) is 0.844. The zero-order chi connectivity index (χ0) is 10.4. The molecule has 1 aromatic rings. The van der Waals surface area contributed by atoms with Crippen molar-refractivity contribution in [3.8, 4) is 6.07 Å². The number of nitrogens with zero attached hydrogens (tertiary/aromatic N) is 3. The third-order valence-electron chi connectivity index (χ3n) is 1.54. The van der Waals surface area contributed by atoms with Crippen molar-refractivity contribution in [2.75, 3.05) is 14.1 Å². The highest BCUT2D eigenvalue weighted by atomic mass is 127. The number of hydrogen-bond donors (Lipinski definition) is 0. The van der Waals surface area contributed by atoms with Crippen molar-refractivity contribution in [3.63, 3.8) is 0 Å². The first-order valence-corrected chi connectivity index (χ1v) is 7.91. The lowest BCUT2D eigenvalue weighted by Gasteiger charge is -2.13. The zero-order valence-corrected chi connectivity index (χ0v) is 11.8. The first-order chi connectivity index (χ1) is 6.77. The molecular weight excluding hydrogens is 404 g/mol. The molecule has 0 saturated carbocycles. The van der Waals surface area contributed by atoms with E-state index in [1.165, 1.54) is 0 Å². The van der Waals surface area contributed by atoms with Crippen molar-refractivity contribution < 1.29 is 0 Å². The van der Waals surface area contributed by atoms with Gasteiger partial charge in [0.05, 0.1) is 28.4 Å². The topological polar surface area (TPSA) is 39.9 Å². The fourth-order valence-corrected chi connectivity index (χ4v) is 3.12. The quantitative estimate of drug-likeness (QED) is 0.433. The van der Waals surface area contributed by atoms with E-state index in [1.807, 2.05) is 12.1 Å². The Balaban J connectivity index is 2.67. The monoisotopic (exact) mass is 413 g/mol. The van der Waals surface area contributed by atoms with Crippen LogP contribution in [0.4, 0.5) is 5.82 Å². The molecule has 1 rings (SSSR count). The predicted molar refractivity (Wildman–Crippen MR) is 76.3 cm³/mol. The van der Waals surface area contributed by atoms with E-state index in [9.17, 15) is 0 Å². The summed E-state index contributed by atoms with van der Waals surface area (Å²) in [5.41, 5.74) is 0.600. The molecule has 0 fully saturated rings. The summed E-state index contributed by atoms with van der Waals surface area (Å²) in [7, 11) is 0. The molecule has 1 aromatic heterocycles. The Hall–Kier alpha value is -0.230. The molecule has 0 N–H and O–H groups in total. The normalized spacial score (nSPS) is 9.43. The van der Waals surface area contributed by atoms with E-state index in [4.69, 9.17) is 5.26 Å². The van der Waals surface area contributed by atoms with Gasteiger partial charge in [-0.05, 0) is 12.1 Å². The van der Waals surface area contributed by atoms with Crippen LogP contribution >= 0.6 is 43.6 Å². The first kappa shape index (κ1) is 11.8. The van der Waals surface area contributed by atoms with Crippen molar-refractivity contribution in [1.82, 2.24) is 4.98 Å². The van der Waals surface area contributed by atoms with E-state index in [1.54, 1.807) is 12.3 Å². The minimum absolute atomic E-state index is 0.0957. The van der Waals surface area contributed by atoms with Gasteiger partial charge in [0.2, 0.25) is 0 Å². The van der Waals surface area contributed by atoms with Gasteiger partial charge >= 0.3 is 0 Å². The highest BCUT2D eigenvalue weighted by Gasteiger charge is 2.02. The molecule has 14 heavy (non-hydrogen) atoms. The minimum Gasteiger partial charge on any atom is -0.298 e. The lowest BCUT2D eigenvalue weighted by molar-refractivity contribution is 1.12. The van der Waals surface area contributed by atoms with Crippen molar-refractivity contribution in [1.29, 1.82) is 5.26 Å². The molecule has 5 heteroatoms. The van der Waals surface area contributed by atoms with Gasteiger partial charge in [0.25, 0.3) is 0 Å². The summed E-state index contributed by atoms with van der Waals surface area (Å²) in [5, 5.41) is 8.60. The van der Waals surface area contributed by atoms with Crippen LogP contribution in [0.2, 0.25) is 0 Å². The van der Waals surface area contributed by atoms with Crippen molar-refractivity contribution in [3.05, 3.63) is 23.9 Å². The van der Waals surface area contributed by atoms with E-state index in [-0.39, 0.29) is 20.7 Å². The Labute approximate surface area is 107 Å². The molecule has 0 amide bonds. The van der Waals surface area contributed by atoms with Crippen LogP contribution in [0.15, 0.2) is 18.3 Å². The Morgan fingerprint density at radius 3 is 2.93 bits per heavy atom. The number of alkyl halides is 1. The number of hydrogen-bond acceptors (Lipinski definition) is 3. The molecule has 0 unspecified atom stereocenters. The highest BCUT2D eigenvalue weighted by molar-refractivity contribution is 14.2. The lowest BCUT2D eigenvalue weighted by atomic mass is 10.3. The van der Waals surface area contributed by atoms with Crippen LogP contribution in [-0.2, 0) is 0 Å². The van der Waals surface area contributed by atoms with Gasteiger partial charge in [0.15, 0.2) is 0 Å². The van der Waals surface area contributed by atoms with E-state index in [2.05, 4.69) is 35.5 Å². The zero-order valence-electron chi connectivity index (χ0n) is 7.45. The van der Waals surface area contributed by atoms with Gasteiger partial charge in [0.1, 0.15) is 11.9 Å². The van der Waals surface area contributed by atoms with E-state index in [0.29, 0.717) is 5.56 Å². The van der Waals surface area contributed by atoms with Crippen LogP contribution in [0.3, 0.4) is 0 Å². The summed E-state index contributed by atoms with van der Waals surface area (Å²) in [4.78, 5) is 4.19. The Bertz CT molecular complexity index is 342. The number of anilines is 1. The van der Waals surface area contributed by atoms with Crippen LogP contribution in [-0.4, -0.2) is 20.5 Å². The summed E-state index contributed by atoms with van der Waals surface area (Å²) in [6.45, 7) is 0.982. The Morgan fingerprint density at radius 2 is 2.43 bits per heavy atom. The summed E-state index contributed by atoms with van der Waals surface area (Å²) >= 11 is 2.33. The van der Waals surface area contributed by atoms with Crippen LogP contribution in [0.5, 0.6) is 0 Å². The number of pyridine rings is 1. The molecule has 0 aliphatic heterocycles. The molecular formula is C9H9I2N3. The van der Waals surface area contributed by atoms with Gasteiger partial charge in [-0.2, -0.15) is 5.26 Å². The van der Waals surface area contributed by atoms with Crippen LogP contribution in [0.1, 0.15) is 5.56 Å². The van der Waals surface area contributed by atoms with Crippen LogP contribution < -0.4 is 3.11 Å². The molecule has 74 valence electrons. The van der Waals surface area contributed by atoms with Gasteiger partial charge in [-0.25, -0.2) is 4.98 Å². The molecule has 0 saturated heterocycles. The number of rotatable bonds is 4. The third-order valence-corrected chi connectivity index (χ3v) is 3.76. The number of nitriles is 1. The molecule has 0 atom stereocenters. The van der Waals surface area contributed by atoms with Gasteiger partial charge in [0, 0.05) is 17.2 Å². The molecule has 3 nitrogen and oxygen atoms in total. The molecule has 0 spiro atoms. The Morgan fingerprint density at radius 1 is 1.64 bits per heavy atom. The molecule has 0 aromatic carbocycles. The van der Waals surface area contributed by atoms with E-state index < -0.39 is 0 Å². The predicted octanol–water partition coefficient (Wildman–Crippen LogP) is 2.51. The maximum atomic E-state index is 8.60. The van der Waals surface area contributed by atoms with E-state index in [0.717, 1.165) is 16.8 Å². The lowest BCUT2D eigenvalue weighted by Crippen LogP contribution is -2.13. The molecule has 0 radical (unpaired) electrons. The van der Waals surface area contributed by atoms with Gasteiger partial charge in [-0.3, -0.25) is 3.11 Å². The van der Waals surface area contributed by atoms with Crippen molar-refractivity contribution in [2.45, 2.75) is 0 Å². The average Bonchev–Trinajstić information content (AvgIpc) is 2.26. The van der Waals surface area contributed by atoms with Gasteiger partial charge in [-0.1, -0.05) is 4.51 Å². The minimum atomic E-state index is 0.0957. The third kappa shape index (κ3) is 3.49. The molecule has 1 heterocycles. The summed E-state index contributed by atoms with van der Waals surface area (Å²) in [6.07, 6.45) is 1.60. The van der Waals surface area contributed by atoms with Crippen LogP contribution in [0, 0.1) is 11.3 Å². The average molecular weight is 413 g/mol.